The molecule has 7 nitrogen and oxygen atoms in total. The van der Waals surface area contributed by atoms with Gasteiger partial charge in [-0.25, -0.2) is 0 Å². The standard InChI is InChI=1S/C31H38N4O3/c1-5-25(23-11-7-6-8-12-23)30(36)33-24-15-16-27(26(21-24)31(37)32-22(2)3)34-17-19-35(20-18-34)28-13-9-10-14-29(28)38-4/h6-16,21-22,25H,5,17-20H2,1-4H3,(H,32,37)(H,33,36). The van der Waals surface area contributed by atoms with Gasteiger partial charge in [0.1, 0.15) is 5.75 Å². The quantitative estimate of drug-likeness (QED) is 0.406. The Kier molecular flexibility index (Phi) is 8.89. The highest BCUT2D eigenvalue weighted by Crippen LogP contribution is 2.31. The van der Waals surface area contributed by atoms with E-state index in [0.717, 1.165) is 48.9 Å². The van der Waals surface area contributed by atoms with Crippen molar-refractivity contribution in [1.29, 1.82) is 0 Å². The molecule has 3 aromatic carbocycles. The van der Waals surface area contributed by atoms with Gasteiger partial charge in [0, 0.05) is 43.6 Å². The number of ether oxygens (including phenoxy) is 1. The Hall–Kier alpha value is -4.00. The third kappa shape index (κ3) is 6.28. The third-order valence-electron chi connectivity index (χ3n) is 6.90. The van der Waals surface area contributed by atoms with Crippen molar-refractivity contribution in [2.45, 2.75) is 39.2 Å². The molecule has 1 saturated heterocycles. The normalized spacial score (nSPS) is 14.2. The average molecular weight is 515 g/mol. The molecule has 1 unspecified atom stereocenters. The Morgan fingerprint density at radius 3 is 2.13 bits per heavy atom. The molecule has 0 aliphatic carbocycles. The highest BCUT2D eigenvalue weighted by Gasteiger charge is 2.25. The molecule has 3 aromatic rings. The third-order valence-corrected chi connectivity index (χ3v) is 6.90. The lowest BCUT2D eigenvalue weighted by atomic mass is 9.95. The summed E-state index contributed by atoms with van der Waals surface area (Å²) in [6, 6.07) is 23.5. The van der Waals surface area contributed by atoms with Gasteiger partial charge in [-0.1, -0.05) is 49.4 Å². The van der Waals surface area contributed by atoms with E-state index in [0.29, 0.717) is 17.7 Å². The monoisotopic (exact) mass is 514 g/mol. The van der Waals surface area contributed by atoms with Gasteiger partial charge in [0.05, 0.1) is 24.3 Å². The van der Waals surface area contributed by atoms with Gasteiger partial charge >= 0.3 is 0 Å². The van der Waals surface area contributed by atoms with Gasteiger partial charge in [-0.3, -0.25) is 9.59 Å². The summed E-state index contributed by atoms with van der Waals surface area (Å²) < 4.78 is 5.55. The van der Waals surface area contributed by atoms with E-state index in [9.17, 15) is 9.59 Å². The van der Waals surface area contributed by atoms with Crippen LogP contribution in [0, 0.1) is 0 Å². The summed E-state index contributed by atoms with van der Waals surface area (Å²) in [5.41, 5.74) is 4.12. The molecular weight excluding hydrogens is 476 g/mol. The second-order valence-corrected chi connectivity index (χ2v) is 9.87. The highest BCUT2D eigenvalue weighted by molar-refractivity contribution is 6.03. The maximum Gasteiger partial charge on any atom is 0.253 e. The zero-order valence-corrected chi connectivity index (χ0v) is 22.7. The Morgan fingerprint density at radius 1 is 0.868 bits per heavy atom. The minimum absolute atomic E-state index is 0.00135. The number of methoxy groups -OCH3 is 1. The van der Waals surface area contributed by atoms with E-state index in [1.54, 1.807) is 13.2 Å². The molecule has 1 aliphatic rings. The number of carbonyl (C=O) groups excluding carboxylic acids is 2. The largest absolute Gasteiger partial charge is 0.495 e. The second kappa shape index (κ2) is 12.5. The number of nitrogens with zero attached hydrogens (tertiary/aromatic N) is 2. The molecule has 38 heavy (non-hydrogen) atoms. The summed E-state index contributed by atoms with van der Waals surface area (Å²) in [6.45, 7) is 9.03. The molecule has 1 atom stereocenters. The molecule has 2 amide bonds. The van der Waals surface area contributed by atoms with Crippen molar-refractivity contribution in [1.82, 2.24) is 5.32 Å². The highest BCUT2D eigenvalue weighted by atomic mass is 16.5. The number of amides is 2. The summed E-state index contributed by atoms with van der Waals surface area (Å²) in [5.74, 6) is 0.381. The van der Waals surface area contributed by atoms with Crippen LogP contribution in [0.4, 0.5) is 17.1 Å². The molecule has 0 spiro atoms. The molecule has 0 saturated carbocycles. The fourth-order valence-corrected chi connectivity index (χ4v) is 4.98. The van der Waals surface area contributed by atoms with Crippen LogP contribution in [0.25, 0.3) is 0 Å². The number of hydrogen-bond acceptors (Lipinski definition) is 5. The topological polar surface area (TPSA) is 73.9 Å². The summed E-state index contributed by atoms with van der Waals surface area (Å²) in [5, 5.41) is 6.08. The zero-order chi connectivity index (χ0) is 27.1. The molecule has 2 N–H and O–H groups in total. The minimum Gasteiger partial charge on any atom is -0.495 e. The first kappa shape index (κ1) is 27.0. The van der Waals surface area contributed by atoms with Gasteiger partial charge < -0.3 is 25.2 Å². The number of hydrogen-bond donors (Lipinski definition) is 2. The van der Waals surface area contributed by atoms with Crippen molar-refractivity contribution in [3.8, 4) is 5.75 Å². The van der Waals surface area contributed by atoms with Gasteiger partial charge in [0.15, 0.2) is 0 Å². The predicted octanol–water partition coefficient (Wildman–Crippen LogP) is 5.29. The average Bonchev–Trinajstić information content (AvgIpc) is 2.94. The smallest absolute Gasteiger partial charge is 0.253 e. The van der Waals surface area contributed by atoms with Crippen LogP contribution in [0.5, 0.6) is 5.75 Å². The Morgan fingerprint density at radius 2 is 1.50 bits per heavy atom. The molecule has 0 aromatic heterocycles. The zero-order valence-electron chi connectivity index (χ0n) is 22.7. The van der Waals surface area contributed by atoms with Crippen molar-refractivity contribution in [3.63, 3.8) is 0 Å². The number of rotatable bonds is 9. The van der Waals surface area contributed by atoms with E-state index in [-0.39, 0.29) is 23.8 Å². The van der Waals surface area contributed by atoms with Crippen LogP contribution in [-0.2, 0) is 4.79 Å². The van der Waals surface area contributed by atoms with Crippen LogP contribution in [-0.4, -0.2) is 51.1 Å². The molecule has 1 aliphatic heterocycles. The van der Waals surface area contributed by atoms with Crippen LogP contribution < -0.4 is 25.2 Å². The van der Waals surface area contributed by atoms with Crippen LogP contribution in [0.2, 0.25) is 0 Å². The van der Waals surface area contributed by atoms with E-state index < -0.39 is 0 Å². The van der Waals surface area contributed by atoms with E-state index in [4.69, 9.17) is 4.74 Å². The van der Waals surface area contributed by atoms with Gasteiger partial charge in [0.25, 0.3) is 5.91 Å². The lowest BCUT2D eigenvalue weighted by Gasteiger charge is -2.38. The number of anilines is 3. The van der Waals surface area contributed by atoms with Crippen molar-refractivity contribution in [2.75, 3.05) is 48.4 Å². The van der Waals surface area contributed by atoms with Crippen molar-refractivity contribution in [3.05, 3.63) is 83.9 Å². The number of piperazine rings is 1. The molecular formula is C31H38N4O3. The van der Waals surface area contributed by atoms with E-state index in [1.165, 1.54) is 0 Å². The van der Waals surface area contributed by atoms with Gasteiger partial charge in [-0.05, 0) is 56.2 Å². The Bertz CT molecular complexity index is 1240. The first-order chi connectivity index (χ1) is 18.4. The van der Waals surface area contributed by atoms with Crippen molar-refractivity contribution < 1.29 is 14.3 Å². The number of benzene rings is 3. The van der Waals surface area contributed by atoms with Gasteiger partial charge in [-0.2, -0.15) is 0 Å². The predicted molar refractivity (Wildman–Crippen MR) is 155 cm³/mol. The molecule has 4 rings (SSSR count). The van der Waals surface area contributed by atoms with Crippen LogP contribution >= 0.6 is 0 Å². The minimum atomic E-state index is -0.258. The van der Waals surface area contributed by atoms with Crippen LogP contribution in [0.1, 0.15) is 49.0 Å². The van der Waals surface area contributed by atoms with Crippen molar-refractivity contribution >= 4 is 28.9 Å². The maximum atomic E-state index is 13.3. The van der Waals surface area contributed by atoms with Gasteiger partial charge in [-0.15, -0.1) is 0 Å². The number of nitrogens with one attached hydrogen (secondary N) is 2. The van der Waals surface area contributed by atoms with E-state index >= 15 is 0 Å². The molecule has 7 heteroatoms. The number of para-hydroxylation sites is 2. The lowest BCUT2D eigenvalue weighted by Crippen LogP contribution is -2.47. The summed E-state index contributed by atoms with van der Waals surface area (Å²) >= 11 is 0. The molecule has 1 heterocycles. The fraction of sp³-hybridized carbons (Fsp3) is 0.355. The molecule has 1 fully saturated rings. The first-order valence-corrected chi connectivity index (χ1v) is 13.3. The Labute approximate surface area is 225 Å². The second-order valence-electron chi connectivity index (χ2n) is 9.87. The fourth-order valence-electron chi connectivity index (χ4n) is 4.98. The molecule has 200 valence electrons. The maximum absolute atomic E-state index is 13.3. The molecule has 0 bridgehead atoms. The van der Waals surface area contributed by atoms with E-state index in [2.05, 4.69) is 26.5 Å². The van der Waals surface area contributed by atoms with Crippen LogP contribution in [0.3, 0.4) is 0 Å². The van der Waals surface area contributed by atoms with Gasteiger partial charge in [0.2, 0.25) is 5.91 Å². The first-order valence-electron chi connectivity index (χ1n) is 13.3. The summed E-state index contributed by atoms with van der Waals surface area (Å²) in [7, 11) is 1.69. The summed E-state index contributed by atoms with van der Waals surface area (Å²) in [6.07, 6.45) is 0.686. The van der Waals surface area contributed by atoms with Crippen molar-refractivity contribution in [2.24, 2.45) is 0 Å². The number of carbonyl (C=O) groups is 2. The lowest BCUT2D eigenvalue weighted by molar-refractivity contribution is -0.117. The Balaban J connectivity index is 1.54. The summed E-state index contributed by atoms with van der Waals surface area (Å²) in [4.78, 5) is 31.0. The SMILES string of the molecule is CCC(C(=O)Nc1ccc(N2CCN(c3ccccc3OC)CC2)c(C(=O)NC(C)C)c1)c1ccccc1. The van der Waals surface area contributed by atoms with E-state index in [1.807, 2.05) is 81.4 Å². The molecule has 0 radical (unpaired) electrons. The van der Waals surface area contributed by atoms with Crippen LogP contribution in [0.15, 0.2) is 72.8 Å².